The summed E-state index contributed by atoms with van der Waals surface area (Å²) in [6.07, 6.45) is 4.75. The number of aromatic amines is 1. The summed E-state index contributed by atoms with van der Waals surface area (Å²) in [5.74, 6) is 0.635. The number of piperidine rings is 1. The van der Waals surface area contributed by atoms with Gasteiger partial charge in [0, 0.05) is 30.2 Å². The van der Waals surface area contributed by atoms with E-state index in [1.54, 1.807) is 18.5 Å². The van der Waals surface area contributed by atoms with Gasteiger partial charge in [-0.2, -0.15) is 5.10 Å². The first-order valence-corrected chi connectivity index (χ1v) is 10.8. The summed E-state index contributed by atoms with van der Waals surface area (Å²) in [5.41, 5.74) is 2.33. The lowest BCUT2D eigenvalue weighted by Gasteiger charge is -2.32. The number of sulfonamides is 1. The molecule has 0 bridgehead atoms. The van der Waals surface area contributed by atoms with Gasteiger partial charge in [0.15, 0.2) is 0 Å². The van der Waals surface area contributed by atoms with Crippen molar-refractivity contribution in [2.24, 2.45) is 5.14 Å². The van der Waals surface area contributed by atoms with E-state index in [-0.39, 0.29) is 0 Å². The minimum Gasteiger partial charge on any atom is -0.355 e. The number of H-pyrrole nitrogens is 1. The Labute approximate surface area is 166 Å². The van der Waals surface area contributed by atoms with Crippen molar-refractivity contribution in [2.75, 3.05) is 18.0 Å². The van der Waals surface area contributed by atoms with E-state index in [0.717, 1.165) is 16.5 Å². The third-order valence-electron chi connectivity index (χ3n) is 4.83. The van der Waals surface area contributed by atoms with E-state index in [9.17, 15) is 8.42 Å². The molecule has 27 heavy (non-hydrogen) atoms. The maximum atomic E-state index is 11.8. The molecule has 0 aliphatic carbocycles. The Morgan fingerprint density at radius 3 is 2.81 bits per heavy atom. The van der Waals surface area contributed by atoms with E-state index < -0.39 is 15.3 Å². The fourth-order valence-corrected chi connectivity index (χ4v) is 4.68. The van der Waals surface area contributed by atoms with Crippen LogP contribution in [0.2, 0.25) is 10.0 Å². The lowest BCUT2D eigenvalue weighted by molar-refractivity contribution is 0.531. The largest absolute Gasteiger partial charge is 0.355 e. The summed E-state index contributed by atoms with van der Waals surface area (Å²) in [4.78, 5) is 6.62. The highest BCUT2D eigenvalue weighted by Crippen LogP contribution is 2.37. The maximum Gasteiger partial charge on any atom is 0.213 e. The topological polar surface area (TPSA) is 105 Å². The van der Waals surface area contributed by atoms with Crippen LogP contribution in [0.5, 0.6) is 0 Å². The van der Waals surface area contributed by atoms with Gasteiger partial charge in [0.25, 0.3) is 0 Å². The molecule has 3 aromatic rings. The highest BCUT2D eigenvalue weighted by molar-refractivity contribution is 7.89. The number of aromatic nitrogens is 3. The lowest BCUT2D eigenvalue weighted by atomic mass is 10.0. The average Bonchev–Trinajstić information content (AvgIpc) is 3.18. The molecule has 3 N–H and O–H groups in total. The third kappa shape index (κ3) is 3.50. The Kier molecular flexibility index (Phi) is 4.75. The number of primary sulfonamides is 1. The Balaban J connectivity index is 1.87. The maximum absolute atomic E-state index is 11.8. The van der Waals surface area contributed by atoms with Crippen LogP contribution < -0.4 is 10.0 Å². The number of benzene rings is 1. The van der Waals surface area contributed by atoms with Crippen LogP contribution in [0.1, 0.15) is 12.8 Å². The summed E-state index contributed by atoms with van der Waals surface area (Å²) in [7, 11) is -3.61. The standard InChI is InChI=1S/C17H17Cl2N5O2S/c18-14-4-3-12-13(10-7-21-22-8-10)6-15(23-17(12)16(14)19)24-5-1-2-11(9-24)27(20,25)26/h3-4,6-8,11H,1-2,5,9H2,(H,21,22)(H2,20,25,26). The van der Waals surface area contributed by atoms with Crippen LogP contribution in [-0.4, -0.2) is 41.9 Å². The molecule has 1 unspecified atom stereocenters. The number of fused-ring (bicyclic) bond motifs is 1. The van der Waals surface area contributed by atoms with Crippen LogP contribution in [0.15, 0.2) is 30.6 Å². The van der Waals surface area contributed by atoms with E-state index in [4.69, 9.17) is 28.3 Å². The molecule has 0 amide bonds. The highest BCUT2D eigenvalue weighted by atomic mass is 35.5. The van der Waals surface area contributed by atoms with Crippen molar-refractivity contribution in [1.29, 1.82) is 0 Å². The minimum atomic E-state index is -3.61. The molecule has 0 spiro atoms. The highest BCUT2D eigenvalue weighted by Gasteiger charge is 2.29. The van der Waals surface area contributed by atoms with Crippen LogP contribution >= 0.6 is 23.2 Å². The Morgan fingerprint density at radius 1 is 1.30 bits per heavy atom. The molecule has 7 nitrogen and oxygen atoms in total. The van der Waals surface area contributed by atoms with Gasteiger partial charge in [-0.15, -0.1) is 0 Å². The van der Waals surface area contributed by atoms with E-state index >= 15 is 0 Å². The molecule has 1 fully saturated rings. The van der Waals surface area contributed by atoms with Crippen LogP contribution in [0.4, 0.5) is 5.82 Å². The molecule has 4 rings (SSSR count). The van der Waals surface area contributed by atoms with Crippen molar-refractivity contribution in [3.05, 3.63) is 40.6 Å². The van der Waals surface area contributed by atoms with E-state index in [1.807, 2.05) is 17.0 Å². The molecule has 3 heterocycles. The number of nitrogens with zero attached hydrogens (tertiary/aromatic N) is 3. The molecular formula is C17H17Cl2N5O2S. The second kappa shape index (κ2) is 6.94. The quantitative estimate of drug-likeness (QED) is 0.669. The zero-order valence-corrected chi connectivity index (χ0v) is 16.5. The van der Waals surface area contributed by atoms with Crippen LogP contribution in [0.3, 0.4) is 0 Å². The first-order chi connectivity index (χ1) is 12.8. The number of halogens is 2. The number of rotatable bonds is 3. The zero-order chi connectivity index (χ0) is 19.2. The van der Waals surface area contributed by atoms with E-state index in [0.29, 0.717) is 47.3 Å². The van der Waals surface area contributed by atoms with Gasteiger partial charge in [-0.3, -0.25) is 5.10 Å². The summed E-state index contributed by atoms with van der Waals surface area (Å²) in [6.45, 7) is 0.980. The molecule has 10 heteroatoms. The molecule has 1 aromatic carbocycles. The SMILES string of the molecule is NS(=O)(=O)C1CCCN(c2cc(-c3cn[nH]c3)c3ccc(Cl)c(Cl)c3n2)C1. The third-order valence-corrected chi connectivity index (χ3v) is 6.94. The monoisotopic (exact) mass is 425 g/mol. The fourth-order valence-electron chi connectivity index (χ4n) is 3.43. The number of nitrogens with two attached hydrogens (primary N) is 1. The predicted molar refractivity (Wildman–Crippen MR) is 108 cm³/mol. The summed E-state index contributed by atoms with van der Waals surface area (Å²) >= 11 is 12.6. The predicted octanol–water partition coefficient (Wildman–Crippen LogP) is 3.19. The molecule has 1 atom stereocenters. The zero-order valence-electron chi connectivity index (χ0n) is 14.2. The molecule has 0 radical (unpaired) electrons. The van der Waals surface area contributed by atoms with Gasteiger partial charge >= 0.3 is 0 Å². The van der Waals surface area contributed by atoms with Gasteiger partial charge < -0.3 is 4.90 Å². The first-order valence-electron chi connectivity index (χ1n) is 8.39. The number of hydrogen-bond acceptors (Lipinski definition) is 5. The van der Waals surface area contributed by atoms with Crippen LogP contribution in [-0.2, 0) is 10.0 Å². The average molecular weight is 426 g/mol. The van der Waals surface area contributed by atoms with Gasteiger partial charge in [0.2, 0.25) is 10.0 Å². The number of nitrogens with one attached hydrogen (secondary N) is 1. The second-order valence-corrected chi connectivity index (χ2v) is 9.20. The molecular weight excluding hydrogens is 409 g/mol. The molecule has 1 saturated heterocycles. The van der Waals surface area contributed by atoms with Crippen molar-refractivity contribution >= 4 is 49.9 Å². The van der Waals surface area contributed by atoms with Crippen molar-refractivity contribution in [1.82, 2.24) is 15.2 Å². The number of pyridine rings is 1. The van der Waals surface area contributed by atoms with Gasteiger partial charge in [-0.25, -0.2) is 18.5 Å². The number of hydrogen-bond donors (Lipinski definition) is 2. The molecule has 0 saturated carbocycles. The van der Waals surface area contributed by atoms with Crippen molar-refractivity contribution in [3.63, 3.8) is 0 Å². The Hall–Kier alpha value is -1.87. The summed E-state index contributed by atoms with van der Waals surface area (Å²) < 4.78 is 23.6. The second-order valence-electron chi connectivity index (χ2n) is 6.57. The van der Waals surface area contributed by atoms with Gasteiger partial charge in [0.05, 0.1) is 27.0 Å². The molecule has 1 aliphatic heterocycles. The minimum absolute atomic E-state index is 0.292. The van der Waals surface area contributed by atoms with Crippen LogP contribution in [0, 0.1) is 0 Å². The Bertz CT molecular complexity index is 1100. The van der Waals surface area contributed by atoms with Crippen LogP contribution in [0.25, 0.3) is 22.0 Å². The molecule has 1 aliphatic rings. The molecule has 2 aromatic heterocycles. The smallest absolute Gasteiger partial charge is 0.213 e. The van der Waals surface area contributed by atoms with Gasteiger partial charge in [0.1, 0.15) is 5.82 Å². The van der Waals surface area contributed by atoms with Crippen molar-refractivity contribution < 1.29 is 8.42 Å². The molecule has 142 valence electrons. The first kappa shape index (κ1) is 18.5. The van der Waals surface area contributed by atoms with Gasteiger partial charge in [-0.1, -0.05) is 29.3 Å². The lowest BCUT2D eigenvalue weighted by Crippen LogP contribution is -2.45. The normalized spacial score (nSPS) is 18.2. The van der Waals surface area contributed by atoms with E-state index in [2.05, 4.69) is 15.2 Å². The number of anilines is 1. The fraction of sp³-hybridized carbons (Fsp3) is 0.294. The Morgan fingerprint density at radius 2 is 2.11 bits per heavy atom. The van der Waals surface area contributed by atoms with Crippen molar-refractivity contribution in [3.8, 4) is 11.1 Å². The summed E-state index contributed by atoms with van der Waals surface area (Å²) in [6, 6.07) is 5.52. The van der Waals surface area contributed by atoms with E-state index in [1.165, 1.54) is 0 Å². The van der Waals surface area contributed by atoms with Crippen molar-refractivity contribution in [2.45, 2.75) is 18.1 Å². The van der Waals surface area contributed by atoms with Gasteiger partial charge in [-0.05, 0) is 30.5 Å². The summed E-state index contributed by atoms with van der Waals surface area (Å²) in [5, 5.41) is 13.2.